The molecule has 2 aromatic heterocycles. The zero-order valence-corrected chi connectivity index (χ0v) is 14.0. The number of aryl methyl sites for hydroxylation is 1. The third-order valence-electron chi connectivity index (χ3n) is 2.64. The highest BCUT2D eigenvalue weighted by atomic mass is 79.9. The third kappa shape index (κ3) is 3.22. The van der Waals surface area contributed by atoms with E-state index in [2.05, 4.69) is 20.9 Å². The number of furan rings is 1. The molecule has 0 fully saturated rings. The molecular formula is C12H12BrClN2O3S. The van der Waals surface area contributed by atoms with Crippen LogP contribution in [0.5, 0.6) is 0 Å². The number of nitrogens with zero attached hydrogens (tertiary/aromatic N) is 2. The fourth-order valence-corrected chi connectivity index (χ4v) is 3.68. The number of pyridine rings is 1. The van der Waals surface area contributed by atoms with E-state index in [1.165, 1.54) is 23.6 Å². The Hall–Kier alpha value is -0.890. The van der Waals surface area contributed by atoms with Gasteiger partial charge in [0.05, 0.1) is 6.54 Å². The Bertz CT molecular complexity index is 730. The number of aromatic nitrogens is 1. The van der Waals surface area contributed by atoms with Crippen molar-refractivity contribution in [3.8, 4) is 0 Å². The van der Waals surface area contributed by atoms with Crippen LogP contribution in [0, 0.1) is 6.92 Å². The van der Waals surface area contributed by atoms with Crippen molar-refractivity contribution in [2.24, 2.45) is 0 Å². The molecule has 0 unspecified atom stereocenters. The molecule has 0 amide bonds. The summed E-state index contributed by atoms with van der Waals surface area (Å²) in [6.45, 7) is 1.92. The standard InChI is InChI=1S/C12H12BrClN2O3S/c1-8-3-4-10(19-8)7-16(2)20(17,18)11-5-9(13)6-15-12(11)14/h3-6H,7H2,1-2H3. The Labute approximate surface area is 130 Å². The van der Waals surface area contributed by atoms with Gasteiger partial charge in [0.2, 0.25) is 10.0 Å². The predicted molar refractivity (Wildman–Crippen MR) is 79.0 cm³/mol. The molecule has 0 radical (unpaired) electrons. The summed E-state index contributed by atoms with van der Waals surface area (Å²) in [6, 6.07) is 4.94. The molecule has 108 valence electrons. The minimum Gasteiger partial charge on any atom is -0.465 e. The molecule has 2 rings (SSSR count). The minimum atomic E-state index is -3.73. The quantitative estimate of drug-likeness (QED) is 0.765. The summed E-state index contributed by atoms with van der Waals surface area (Å²) >= 11 is 9.06. The monoisotopic (exact) mass is 378 g/mol. The fraction of sp³-hybridized carbons (Fsp3) is 0.250. The van der Waals surface area contributed by atoms with Gasteiger partial charge in [-0.3, -0.25) is 0 Å². The van der Waals surface area contributed by atoms with Gasteiger partial charge >= 0.3 is 0 Å². The molecule has 0 aromatic carbocycles. The molecular weight excluding hydrogens is 368 g/mol. The number of rotatable bonds is 4. The van der Waals surface area contributed by atoms with E-state index in [9.17, 15) is 8.42 Å². The molecule has 8 heteroatoms. The van der Waals surface area contributed by atoms with Crippen molar-refractivity contribution < 1.29 is 12.8 Å². The zero-order chi connectivity index (χ0) is 14.9. The van der Waals surface area contributed by atoms with E-state index in [0.717, 1.165) is 5.76 Å². The van der Waals surface area contributed by atoms with E-state index in [1.807, 2.05) is 0 Å². The van der Waals surface area contributed by atoms with Gasteiger partial charge in [-0.1, -0.05) is 11.6 Å². The first-order valence-corrected chi connectivity index (χ1v) is 8.24. The maximum atomic E-state index is 12.5. The van der Waals surface area contributed by atoms with Gasteiger partial charge in [-0.25, -0.2) is 13.4 Å². The summed E-state index contributed by atoms with van der Waals surface area (Å²) in [7, 11) is -2.27. The molecule has 0 atom stereocenters. The average molecular weight is 380 g/mol. The van der Waals surface area contributed by atoms with Crippen molar-refractivity contribution in [1.29, 1.82) is 0 Å². The molecule has 5 nitrogen and oxygen atoms in total. The first-order chi connectivity index (χ1) is 9.30. The molecule has 2 heterocycles. The molecule has 0 saturated carbocycles. The van der Waals surface area contributed by atoms with E-state index in [-0.39, 0.29) is 16.6 Å². The van der Waals surface area contributed by atoms with Crippen molar-refractivity contribution in [3.05, 3.63) is 45.5 Å². The first-order valence-electron chi connectivity index (χ1n) is 5.63. The van der Waals surface area contributed by atoms with Crippen LogP contribution in [0.4, 0.5) is 0 Å². The van der Waals surface area contributed by atoms with Crippen LogP contribution in [0.25, 0.3) is 0 Å². The Balaban J connectivity index is 2.32. The van der Waals surface area contributed by atoms with Crippen molar-refractivity contribution in [3.63, 3.8) is 0 Å². The van der Waals surface area contributed by atoms with Crippen LogP contribution in [0.2, 0.25) is 5.15 Å². The van der Waals surface area contributed by atoms with Gasteiger partial charge < -0.3 is 4.42 Å². The first kappa shape index (κ1) is 15.5. The van der Waals surface area contributed by atoms with E-state index in [4.69, 9.17) is 16.0 Å². The number of hydrogen-bond donors (Lipinski definition) is 0. The van der Waals surface area contributed by atoms with Crippen LogP contribution in [-0.2, 0) is 16.6 Å². The molecule has 0 aliphatic heterocycles. The van der Waals surface area contributed by atoms with Gasteiger partial charge in [0.25, 0.3) is 0 Å². The van der Waals surface area contributed by atoms with Crippen LogP contribution >= 0.6 is 27.5 Å². The molecule has 0 aliphatic carbocycles. The van der Waals surface area contributed by atoms with Crippen molar-refractivity contribution in [2.45, 2.75) is 18.4 Å². The smallest absolute Gasteiger partial charge is 0.246 e. The van der Waals surface area contributed by atoms with Gasteiger partial charge in [0, 0.05) is 17.7 Å². The van der Waals surface area contributed by atoms with Crippen LogP contribution in [0.3, 0.4) is 0 Å². The Morgan fingerprint density at radius 3 is 2.75 bits per heavy atom. The molecule has 0 N–H and O–H groups in total. The van der Waals surface area contributed by atoms with Gasteiger partial charge in [0.1, 0.15) is 21.6 Å². The molecule has 0 bridgehead atoms. The Morgan fingerprint density at radius 1 is 1.45 bits per heavy atom. The second-order valence-electron chi connectivity index (χ2n) is 4.22. The zero-order valence-electron chi connectivity index (χ0n) is 10.8. The fourth-order valence-electron chi connectivity index (χ4n) is 1.63. The molecule has 0 spiro atoms. The molecule has 20 heavy (non-hydrogen) atoms. The largest absolute Gasteiger partial charge is 0.465 e. The van der Waals surface area contributed by atoms with Gasteiger partial charge in [-0.15, -0.1) is 0 Å². The SMILES string of the molecule is Cc1ccc(CN(C)S(=O)(=O)c2cc(Br)cnc2Cl)o1. The lowest BCUT2D eigenvalue weighted by Gasteiger charge is -2.16. The lowest BCUT2D eigenvalue weighted by Crippen LogP contribution is -2.26. The minimum absolute atomic E-state index is 0.0423. The number of halogens is 2. The van der Waals surface area contributed by atoms with Gasteiger partial charge in [-0.05, 0) is 41.1 Å². The molecule has 2 aromatic rings. The van der Waals surface area contributed by atoms with Gasteiger partial charge in [0.15, 0.2) is 0 Å². The summed E-state index contributed by atoms with van der Waals surface area (Å²) in [5, 5.41) is -0.0596. The van der Waals surface area contributed by atoms with E-state index < -0.39 is 10.0 Å². The van der Waals surface area contributed by atoms with Crippen LogP contribution < -0.4 is 0 Å². The maximum absolute atomic E-state index is 12.5. The second-order valence-corrected chi connectivity index (χ2v) is 7.50. The summed E-state index contributed by atoms with van der Waals surface area (Å²) in [4.78, 5) is 3.79. The van der Waals surface area contributed by atoms with Crippen molar-refractivity contribution in [1.82, 2.24) is 9.29 Å². The summed E-state index contributed by atoms with van der Waals surface area (Å²) < 4.78 is 32.0. The lowest BCUT2D eigenvalue weighted by atomic mass is 10.4. The summed E-state index contributed by atoms with van der Waals surface area (Å²) in [6.07, 6.45) is 1.44. The van der Waals surface area contributed by atoms with E-state index in [0.29, 0.717) is 10.2 Å². The maximum Gasteiger partial charge on any atom is 0.246 e. The number of hydrogen-bond acceptors (Lipinski definition) is 4. The Kier molecular flexibility index (Phi) is 4.53. The second kappa shape index (κ2) is 5.85. The Morgan fingerprint density at radius 2 is 2.15 bits per heavy atom. The van der Waals surface area contributed by atoms with Crippen molar-refractivity contribution in [2.75, 3.05) is 7.05 Å². The summed E-state index contributed by atoms with van der Waals surface area (Å²) in [5.74, 6) is 1.29. The lowest BCUT2D eigenvalue weighted by molar-refractivity contribution is 0.397. The number of sulfonamides is 1. The van der Waals surface area contributed by atoms with Crippen LogP contribution in [0.15, 0.2) is 38.2 Å². The third-order valence-corrected chi connectivity index (χ3v) is 5.30. The highest BCUT2D eigenvalue weighted by Gasteiger charge is 2.25. The highest BCUT2D eigenvalue weighted by molar-refractivity contribution is 9.10. The van der Waals surface area contributed by atoms with Crippen LogP contribution in [-0.4, -0.2) is 24.8 Å². The van der Waals surface area contributed by atoms with E-state index in [1.54, 1.807) is 19.1 Å². The molecule has 0 aliphatic rings. The normalized spacial score (nSPS) is 12.1. The average Bonchev–Trinajstić information content (AvgIpc) is 2.77. The highest BCUT2D eigenvalue weighted by Crippen LogP contribution is 2.26. The van der Waals surface area contributed by atoms with E-state index >= 15 is 0 Å². The molecule has 0 saturated heterocycles. The van der Waals surface area contributed by atoms with Gasteiger partial charge in [-0.2, -0.15) is 4.31 Å². The summed E-state index contributed by atoms with van der Waals surface area (Å²) in [5.41, 5.74) is 0. The topological polar surface area (TPSA) is 63.4 Å². The van der Waals surface area contributed by atoms with Crippen LogP contribution in [0.1, 0.15) is 11.5 Å². The predicted octanol–water partition coefficient (Wildman–Crippen LogP) is 3.22. The van der Waals surface area contributed by atoms with Crippen molar-refractivity contribution >= 4 is 37.6 Å².